The summed E-state index contributed by atoms with van der Waals surface area (Å²) >= 11 is 0. The lowest BCUT2D eigenvalue weighted by molar-refractivity contribution is -0.137. The van der Waals surface area contributed by atoms with Crippen LogP contribution in [0.2, 0.25) is 0 Å². The van der Waals surface area contributed by atoms with Gasteiger partial charge in [0.05, 0.1) is 13.2 Å². The Kier molecular flexibility index (Phi) is 4.90. The molecule has 0 radical (unpaired) electrons. The van der Waals surface area contributed by atoms with E-state index in [1.165, 1.54) is 0 Å². The molecule has 2 aromatic rings. The molecule has 2 unspecified atom stereocenters. The molecule has 2 aromatic carbocycles. The summed E-state index contributed by atoms with van der Waals surface area (Å²) in [7, 11) is 1.60. The van der Waals surface area contributed by atoms with Gasteiger partial charge in [-0.3, -0.25) is 9.59 Å². The third-order valence-corrected chi connectivity index (χ3v) is 4.54. The number of nitrogens with one attached hydrogen (secondary N) is 1. The number of benzene rings is 2. The topological polar surface area (TPSA) is 84.7 Å². The van der Waals surface area contributed by atoms with E-state index < -0.39 is 12.1 Å². The highest BCUT2D eigenvalue weighted by atomic mass is 16.5. The summed E-state index contributed by atoms with van der Waals surface area (Å²) in [5, 5.41) is 4.88. The number of carbonyl (C=O) groups excluding carboxylic acids is 2. The zero-order chi connectivity index (χ0) is 18.0. The van der Waals surface area contributed by atoms with Crippen molar-refractivity contribution in [1.29, 1.82) is 0 Å². The van der Waals surface area contributed by atoms with Gasteiger partial charge in [0.15, 0.2) is 0 Å². The molecule has 1 aliphatic rings. The lowest BCUT2D eigenvalue weighted by Crippen LogP contribution is -2.48. The summed E-state index contributed by atoms with van der Waals surface area (Å²) in [6.45, 7) is 2.21. The van der Waals surface area contributed by atoms with Gasteiger partial charge in [-0.1, -0.05) is 24.3 Å². The molecule has 0 aliphatic carbocycles. The number of nitrogens with two attached hydrogens (primary N) is 1. The van der Waals surface area contributed by atoms with Crippen LogP contribution >= 0.6 is 0 Å². The number of amides is 2. The molecule has 2 atom stereocenters. The largest absolute Gasteiger partial charge is 0.496 e. The molecule has 1 fully saturated rings. The fourth-order valence-corrected chi connectivity index (χ4v) is 3.31. The second kappa shape index (κ2) is 7.11. The van der Waals surface area contributed by atoms with Crippen LogP contribution in [0.25, 0.3) is 10.8 Å². The second-order valence-corrected chi connectivity index (χ2v) is 6.37. The first kappa shape index (κ1) is 17.2. The molecule has 0 aromatic heterocycles. The van der Waals surface area contributed by atoms with Crippen molar-refractivity contribution < 1.29 is 14.3 Å². The molecule has 0 bridgehead atoms. The van der Waals surface area contributed by atoms with Crippen molar-refractivity contribution in [2.75, 3.05) is 19.0 Å². The molecule has 1 aliphatic heterocycles. The Morgan fingerprint density at radius 2 is 2.08 bits per heavy atom. The number of hydrogen-bond acceptors (Lipinski definition) is 4. The molecule has 132 valence electrons. The van der Waals surface area contributed by atoms with Crippen molar-refractivity contribution in [3.8, 4) is 5.75 Å². The SMILES string of the molecule is COc1cc(NC(=O)C2CCCN2C(=O)C(C)N)cc2ccccc12. The summed E-state index contributed by atoms with van der Waals surface area (Å²) in [5.41, 5.74) is 6.34. The van der Waals surface area contributed by atoms with Crippen LogP contribution in [0.3, 0.4) is 0 Å². The van der Waals surface area contributed by atoms with Gasteiger partial charge in [-0.15, -0.1) is 0 Å². The van der Waals surface area contributed by atoms with E-state index in [9.17, 15) is 9.59 Å². The maximum atomic E-state index is 12.7. The van der Waals surface area contributed by atoms with Gasteiger partial charge in [0, 0.05) is 23.7 Å². The molecule has 3 rings (SSSR count). The zero-order valence-corrected chi connectivity index (χ0v) is 14.5. The quantitative estimate of drug-likeness (QED) is 0.892. The minimum absolute atomic E-state index is 0.186. The standard InChI is InChI=1S/C19H23N3O3/c1-12(20)19(24)22-9-5-8-16(22)18(23)21-14-10-13-6-3-4-7-15(13)17(11-14)25-2/h3-4,6-7,10-12,16H,5,8-9,20H2,1-2H3,(H,21,23). The first-order valence-corrected chi connectivity index (χ1v) is 8.45. The van der Waals surface area contributed by atoms with Gasteiger partial charge in [0.1, 0.15) is 11.8 Å². The van der Waals surface area contributed by atoms with Crippen molar-refractivity contribution in [1.82, 2.24) is 4.90 Å². The minimum Gasteiger partial charge on any atom is -0.496 e. The normalized spacial score (nSPS) is 18.2. The number of anilines is 1. The minimum atomic E-state index is -0.603. The second-order valence-electron chi connectivity index (χ2n) is 6.37. The maximum absolute atomic E-state index is 12.7. The number of carbonyl (C=O) groups is 2. The van der Waals surface area contributed by atoms with Crippen LogP contribution in [-0.4, -0.2) is 42.5 Å². The number of ether oxygens (including phenoxy) is 1. The zero-order valence-electron chi connectivity index (χ0n) is 14.5. The van der Waals surface area contributed by atoms with Crippen molar-refractivity contribution in [3.63, 3.8) is 0 Å². The molecule has 0 saturated carbocycles. The predicted molar refractivity (Wildman–Crippen MR) is 97.5 cm³/mol. The lowest BCUT2D eigenvalue weighted by atomic mass is 10.1. The number of rotatable bonds is 4. The summed E-state index contributed by atoms with van der Waals surface area (Å²) in [6, 6.07) is 10.4. The average molecular weight is 341 g/mol. The fraction of sp³-hybridized carbons (Fsp3) is 0.368. The van der Waals surface area contributed by atoms with Crippen LogP contribution in [-0.2, 0) is 9.59 Å². The Bertz CT molecular complexity index is 804. The van der Waals surface area contributed by atoms with Gasteiger partial charge in [-0.2, -0.15) is 0 Å². The van der Waals surface area contributed by atoms with E-state index in [1.54, 1.807) is 25.0 Å². The summed E-state index contributed by atoms with van der Waals surface area (Å²) in [5.74, 6) is 0.320. The van der Waals surface area contributed by atoms with Crippen LogP contribution in [0.5, 0.6) is 5.75 Å². The van der Waals surface area contributed by atoms with Crippen LogP contribution < -0.4 is 15.8 Å². The summed E-state index contributed by atoms with van der Waals surface area (Å²) in [4.78, 5) is 26.5. The van der Waals surface area contributed by atoms with E-state index in [4.69, 9.17) is 10.5 Å². The van der Waals surface area contributed by atoms with Gasteiger partial charge in [-0.25, -0.2) is 0 Å². The molecular formula is C19H23N3O3. The molecule has 2 amide bonds. The molecule has 25 heavy (non-hydrogen) atoms. The highest BCUT2D eigenvalue weighted by molar-refractivity contribution is 6.01. The van der Waals surface area contributed by atoms with Crippen molar-refractivity contribution in [2.24, 2.45) is 5.73 Å². The number of hydrogen-bond donors (Lipinski definition) is 2. The summed E-state index contributed by atoms with van der Waals surface area (Å²) < 4.78 is 5.43. The maximum Gasteiger partial charge on any atom is 0.247 e. The third-order valence-electron chi connectivity index (χ3n) is 4.54. The first-order valence-electron chi connectivity index (χ1n) is 8.45. The third kappa shape index (κ3) is 3.44. The predicted octanol–water partition coefficient (Wildman–Crippen LogP) is 2.13. The first-order chi connectivity index (χ1) is 12.0. The molecular weight excluding hydrogens is 318 g/mol. The molecule has 3 N–H and O–H groups in total. The van der Waals surface area contributed by atoms with Crippen molar-refractivity contribution >= 4 is 28.3 Å². The van der Waals surface area contributed by atoms with Crippen LogP contribution in [0.1, 0.15) is 19.8 Å². The summed E-state index contributed by atoms with van der Waals surface area (Å²) in [6.07, 6.45) is 1.45. The highest BCUT2D eigenvalue weighted by Gasteiger charge is 2.35. The number of methoxy groups -OCH3 is 1. The van der Waals surface area contributed by atoms with E-state index in [0.717, 1.165) is 17.2 Å². The number of fused-ring (bicyclic) bond motifs is 1. The number of nitrogens with zero attached hydrogens (tertiary/aromatic N) is 1. The van der Waals surface area contributed by atoms with Crippen molar-refractivity contribution in [2.45, 2.75) is 31.8 Å². The molecule has 1 heterocycles. The molecule has 1 saturated heterocycles. The fourth-order valence-electron chi connectivity index (χ4n) is 3.31. The highest BCUT2D eigenvalue weighted by Crippen LogP contribution is 2.30. The smallest absolute Gasteiger partial charge is 0.247 e. The van der Waals surface area contributed by atoms with E-state index in [-0.39, 0.29) is 11.8 Å². The van der Waals surface area contributed by atoms with Gasteiger partial charge in [0.2, 0.25) is 11.8 Å². The number of likely N-dealkylation sites (tertiary alicyclic amines) is 1. The van der Waals surface area contributed by atoms with Gasteiger partial charge in [0.25, 0.3) is 0 Å². The van der Waals surface area contributed by atoms with Crippen LogP contribution in [0.4, 0.5) is 5.69 Å². The Morgan fingerprint density at radius 3 is 2.80 bits per heavy atom. The van der Waals surface area contributed by atoms with Gasteiger partial charge in [-0.05, 0) is 31.2 Å². The Hall–Kier alpha value is -2.60. The monoisotopic (exact) mass is 341 g/mol. The van der Waals surface area contributed by atoms with Crippen LogP contribution in [0.15, 0.2) is 36.4 Å². The Balaban J connectivity index is 1.83. The van der Waals surface area contributed by atoms with E-state index in [2.05, 4.69) is 5.32 Å². The lowest BCUT2D eigenvalue weighted by Gasteiger charge is -2.25. The van der Waals surface area contributed by atoms with E-state index in [0.29, 0.717) is 24.4 Å². The average Bonchev–Trinajstić information content (AvgIpc) is 3.09. The van der Waals surface area contributed by atoms with Gasteiger partial charge >= 0.3 is 0 Å². The van der Waals surface area contributed by atoms with E-state index in [1.807, 2.05) is 30.3 Å². The van der Waals surface area contributed by atoms with E-state index >= 15 is 0 Å². The van der Waals surface area contributed by atoms with Crippen molar-refractivity contribution in [3.05, 3.63) is 36.4 Å². The Labute approximate surface area is 146 Å². The van der Waals surface area contributed by atoms with Gasteiger partial charge < -0.3 is 20.7 Å². The van der Waals surface area contributed by atoms with Crippen LogP contribution in [0, 0.1) is 0 Å². The molecule has 0 spiro atoms. The molecule has 6 nitrogen and oxygen atoms in total. The molecule has 6 heteroatoms. The Morgan fingerprint density at radius 1 is 1.32 bits per heavy atom.